The van der Waals surface area contributed by atoms with Crippen LogP contribution in [0.25, 0.3) is 0 Å². The predicted octanol–water partition coefficient (Wildman–Crippen LogP) is 2.40. The van der Waals surface area contributed by atoms with Gasteiger partial charge in [0.15, 0.2) is 15.6 Å². The largest absolute Gasteiger partial charge is 0.476 e. The van der Waals surface area contributed by atoms with Gasteiger partial charge in [0, 0.05) is 11.8 Å². The van der Waals surface area contributed by atoms with Crippen LogP contribution in [-0.2, 0) is 14.4 Å². The number of carbonyl (C=O) groups excluding carboxylic acids is 1. The van der Waals surface area contributed by atoms with Gasteiger partial charge >= 0.3 is 18.1 Å². The zero-order valence-electron chi connectivity index (χ0n) is 10.7. The Kier molecular flexibility index (Phi) is 4.74. The summed E-state index contributed by atoms with van der Waals surface area (Å²) in [5.74, 6) is -3.75. The summed E-state index contributed by atoms with van der Waals surface area (Å²) in [7, 11) is 0. The lowest BCUT2D eigenvalue weighted by molar-refractivity contribution is -0.167. The minimum atomic E-state index is -5.09. The van der Waals surface area contributed by atoms with Crippen LogP contribution in [0.3, 0.4) is 0 Å². The quantitative estimate of drug-likeness (QED) is 0.455. The molecule has 1 unspecified atom stereocenters. The predicted molar refractivity (Wildman–Crippen MR) is 74.9 cm³/mol. The molecule has 0 spiro atoms. The zero-order chi connectivity index (χ0) is 17.4. The Bertz CT molecular complexity index is 677. The first-order valence-corrected chi connectivity index (χ1v) is 7.33. The molecule has 13 heteroatoms. The monoisotopic (exact) mass is 391 g/mol. The van der Waals surface area contributed by atoms with E-state index in [1.165, 1.54) is 5.32 Å². The van der Waals surface area contributed by atoms with E-state index in [0.717, 1.165) is 5.38 Å². The molecular formula is C10H6Cl2F3N3O4S. The summed E-state index contributed by atoms with van der Waals surface area (Å²) in [6.45, 7) is 0. The van der Waals surface area contributed by atoms with Crippen molar-refractivity contribution in [2.75, 3.05) is 5.32 Å². The van der Waals surface area contributed by atoms with Crippen molar-refractivity contribution in [1.29, 1.82) is 0 Å². The lowest BCUT2D eigenvalue weighted by Crippen LogP contribution is -2.29. The molecule has 1 aromatic heterocycles. The average Bonchev–Trinajstić information content (AvgIpc) is 2.81. The molecule has 1 aromatic rings. The van der Waals surface area contributed by atoms with E-state index < -0.39 is 39.3 Å². The van der Waals surface area contributed by atoms with Gasteiger partial charge in [-0.1, -0.05) is 28.4 Å². The molecule has 1 amide bonds. The summed E-state index contributed by atoms with van der Waals surface area (Å²) in [5.41, 5.74) is -0.944. The van der Waals surface area contributed by atoms with Gasteiger partial charge in [-0.3, -0.25) is 10.1 Å². The lowest BCUT2D eigenvalue weighted by Gasteiger charge is -2.04. The van der Waals surface area contributed by atoms with Crippen LogP contribution < -0.4 is 5.32 Å². The lowest BCUT2D eigenvalue weighted by atomic mass is 10.3. The molecule has 1 fully saturated rings. The highest BCUT2D eigenvalue weighted by molar-refractivity contribution is 7.14. The molecule has 1 saturated carbocycles. The molecule has 7 nitrogen and oxygen atoms in total. The number of thiazole rings is 1. The number of nitrogens with zero attached hydrogens (tertiary/aromatic N) is 2. The smallest absolute Gasteiger partial charge is 0.471 e. The topological polar surface area (TPSA) is 101 Å². The first-order valence-electron chi connectivity index (χ1n) is 5.69. The first kappa shape index (κ1) is 17.8. The van der Waals surface area contributed by atoms with Crippen LogP contribution in [-0.4, -0.2) is 44.3 Å². The third kappa shape index (κ3) is 4.45. The molecule has 2 N–H and O–H groups in total. The van der Waals surface area contributed by atoms with E-state index in [4.69, 9.17) is 33.1 Å². The number of aliphatic carboxylic acids is 1. The fraction of sp³-hybridized carbons (Fsp3) is 0.400. The fourth-order valence-electron chi connectivity index (χ4n) is 1.22. The third-order valence-corrected chi connectivity index (χ3v) is 4.02. The summed E-state index contributed by atoms with van der Waals surface area (Å²) < 4.78 is 35.2. The Hall–Kier alpha value is -1.59. The van der Waals surface area contributed by atoms with Crippen molar-refractivity contribution in [1.82, 2.24) is 4.98 Å². The second kappa shape index (κ2) is 6.13. The van der Waals surface area contributed by atoms with Gasteiger partial charge in [0.25, 0.3) is 0 Å². The van der Waals surface area contributed by atoms with E-state index in [1.807, 2.05) is 0 Å². The number of rotatable bonds is 5. The van der Waals surface area contributed by atoms with Gasteiger partial charge in [0.2, 0.25) is 5.71 Å². The number of aromatic nitrogens is 1. The van der Waals surface area contributed by atoms with Gasteiger partial charge in [-0.15, -0.1) is 11.3 Å². The number of amides is 1. The number of halogens is 5. The van der Waals surface area contributed by atoms with Gasteiger partial charge in [-0.2, -0.15) is 13.2 Å². The molecular weight excluding hydrogens is 386 g/mol. The highest BCUT2D eigenvalue weighted by atomic mass is 35.5. The molecule has 1 aliphatic carbocycles. The maximum Gasteiger partial charge on any atom is 0.471 e. The third-order valence-electron chi connectivity index (χ3n) is 2.47. The standard InChI is InChI=1S/C10H6Cl2F3N3O4S/c11-9(12)1-4(9)22-18-5(6(19)20)3-2-23-8(16-3)17-7(21)10(13,14)15/h2,4H,1H2,(H,19,20)(H,16,17,21)/b18-5+. The summed E-state index contributed by atoms with van der Waals surface area (Å²) in [6, 6.07) is 0. The Morgan fingerprint density at radius 3 is 2.61 bits per heavy atom. The molecule has 1 atom stereocenters. The molecule has 0 bridgehead atoms. The minimum Gasteiger partial charge on any atom is -0.476 e. The molecule has 0 aliphatic heterocycles. The molecule has 2 rings (SSSR count). The van der Waals surface area contributed by atoms with Crippen molar-refractivity contribution in [3.05, 3.63) is 11.1 Å². The molecule has 126 valence electrons. The van der Waals surface area contributed by atoms with Gasteiger partial charge in [-0.25, -0.2) is 9.78 Å². The number of nitrogens with one attached hydrogen (secondary N) is 1. The second-order valence-corrected chi connectivity index (χ2v) is 6.69. The fourth-order valence-corrected chi connectivity index (χ4v) is 2.27. The maximum atomic E-state index is 12.1. The van der Waals surface area contributed by atoms with Crippen LogP contribution in [0.2, 0.25) is 0 Å². The summed E-state index contributed by atoms with van der Waals surface area (Å²) in [4.78, 5) is 30.3. The normalized spacial score (nSPS) is 20.0. The number of hydrogen-bond donors (Lipinski definition) is 2. The van der Waals surface area contributed by atoms with E-state index in [2.05, 4.69) is 10.1 Å². The van der Waals surface area contributed by atoms with Gasteiger partial charge in [0.1, 0.15) is 5.69 Å². The summed E-state index contributed by atoms with van der Waals surface area (Å²) in [6.07, 6.45) is -5.53. The van der Waals surface area contributed by atoms with Crippen LogP contribution in [0, 0.1) is 0 Å². The van der Waals surface area contributed by atoms with Gasteiger partial charge in [0.05, 0.1) is 0 Å². The highest BCUT2D eigenvalue weighted by Crippen LogP contribution is 2.49. The van der Waals surface area contributed by atoms with Crippen LogP contribution in [0.15, 0.2) is 10.5 Å². The highest BCUT2D eigenvalue weighted by Gasteiger charge is 2.55. The van der Waals surface area contributed by atoms with E-state index in [-0.39, 0.29) is 12.1 Å². The second-order valence-electron chi connectivity index (χ2n) is 4.29. The van der Waals surface area contributed by atoms with Gasteiger partial charge < -0.3 is 9.94 Å². The number of anilines is 1. The van der Waals surface area contributed by atoms with Crippen molar-refractivity contribution in [3.63, 3.8) is 0 Å². The van der Waals surface area contributed by atoms with E-state index in [0.29, 0.717) is 11.3 Å². The van der Waals surface area contributed by atoms with Crippen molar-refractivity contribution in [2.24, 2.45) is 5.16 Å². The van der Waals surface area contributed by atoms with Crippen molar-refractivity contribution in [3.8, 4) is 0 Å². The van der Waals surface area contributed by atoms with E-state index in [9.17, 15) is 22.8 Å². The first-order chi connectivity index (χ1) is 10.5. The Morgan fingerprint density at radius 2 is 2.13 bits per heavy atom. The zero-order valence-corrected chi connectivity index (χ0v) is 13.1. The molecule has 0 radical (unpaired) electrons. The number of hydrogen-bond acceptors (Lipinski definition) is 6. The SMILES string of the molecule is O=C(O)/C(=N/OC1CC1(Cl)Cl)c1csc(NC(=O)C(F)(F)F)n1. The number of alkyl halides is 5. The maximum absolute atomic E-state index is 12.1. The Balaban J connectivity index is 2.11. The average molecular weight is 392 g/mol. The minimum absolute atomic E-state index is 0.246. The Morgan fingerprint density at radius 1 is 1.52 bits per heavy atom. The number of carboxylic acids is 1. The van der Waals surface area contributed by atoms with Crippen LogP contribution in [0.4, 0.5) is 18.3 Å². The summed E-state index contributed by atoms with van der Waals surface area (Å²) in [5, 5.41) is 14.5. The van der Waals surface area contributed by atoms with Gasteiger partial charge in [-0.05, 0) is 0 Å². The van der Waals surface area contributed by atoms with Crippen molar-refractivity contribution in [2.45, 2.75) is 23.0 Å². The molecule has 1 heterocycles. The number of carbonyl (C=O) groups is 2. The summed E-state index contributed by atoms with van der Waals surface area (Å²) >= 11 is 11.9. The van der Waals surface area contributed by atoms with Crippen molar-refractivity contribution < 1.29 is 32.7 Å². The van der Waals surface area contributed by atoms with Crippen molar-refractivity contribution >= 4 is 57.3 Å². The van der Waals surface area contributed by atoms with Crippen LogP contribution in [0.1, 0.15) is 12.1 Å². The molecule has 23 heavy (non-hydrogen) atoms. The van der Waals surface area contributed by atoms with E-state index in [1.54, 1.807) is 0 Å². The number of oxime groups is 1. The molecule has 1 aliphatic rings. The number of carboxylic acid groups (broad SMARTS) is 1. The van der Waals surface area contributed by atoms with Crippen LogP contribution in [0.5, 0.6) is 0 Å². The molecule has 0 aromatic carbocycles. The molecule has 0 saturated heterocycles. The van der Waals surface area contributed by atoms with E-state index >= 15 is 0 Å². The van der Waals surface area contributed by atoms with Crippen LogP contribution >= 0.6 is 34.5 Å². The Labute approximate surface area is 140 Å².